The molecule has 4 heteroatoms. The second-order valence-electron chi connectivity index (χ2n) is 7.16. The molecule has 0 amide bonds. The van der Waals surface area contributed by atoms with Crippen LogP contribution in [0.4, 0.5) is 0 Å². The van der Waals surface area contributed by atoms with E-state index in [1.165, 1.54) is 5.56 Å². The van der Waals surface area contributed by atoms with Crippen LogP contribution in [-0.2, 0) is 10.0 Å². The highest BCUT2D eigenvalue weighted by molar-refractivity contribution is 7.89. The Morgan fingerprint density at radius 3 is 2.31 bits per heavy atom. The Kier molecular flexibility index (Phi) is 4.55. The maximum atomic E-state index is 13.1. The first-order chi connectivity index (χ1) is 12.6. The molecule has 0 saturated carbocycles. The first kappa shape index (κ1) is 17.3. The van der Waals surface area contributed by atoms with Crippen molar-refractivity contribution in [1.29, 1.82) is 0 Å². The molecule has 134 valence electrons. The fraction of sp³-hybridized carbons (Fsp3) is 0.273. The first-order valence-corrected chi connectivity index (χ1v) is 10.5. The van der Waals surface area contributed by atoms with E-state index in [4.69, 9.17) is 0 Å². The maximum Gasteiger partial charge on any atom is 0.243 e. The predicted molar refractivity (Wildman–Crippen MR) is 106 cm³/mol. The molecule has 0 spiro atoms. The van der Waals surface area contributed by atoms with E-state index in [9.17, 15) is 8.42 Å². The second-order valence-corrected chi connectivity index (χ2v) is 9.09. The Balaban J connectivity index is 1.59. The number of sulfonamides is 1. The van der Waals surface area contributed by atoms with Gasteiger partial charge in [0.25, 0.3) is 0 Å². The maximum absolute atomic E-state index is 13.1. The summed E-state index contributed by atoms with van der Waals surface area (Å²) in [5, 5.41) is 2.02. The highest BCUT2D eigenvalue weighted by Gasteiger charge is 2.34. The third kappa shape index (κ3) is 3.15. The van der Waals surface area contributed by atoms with Crippen molar-refractivity contribution in [3.8, 4) is 0 Å². The lowest BCUT2D eigenvalue weighted by Crippen LogP contribution is -2.42. The van der Waals surface area contributed by atoms with Crippen molar-refractivity contribution in [3.05, 3.63) is 78.4 Å². The van der Waals surface area contributed by atoms with E-state index >= 15 is 0 Å². The van der Waals surface area contributed by atoms with E-state index in [2.05, 4.69) is 31.2 Å². The molecule has 1 fully saturated rings. The summed E-state index contributed by atoms with van der Waals surface area (Å²) in [5.41, 5.74) is 1.31. The average Bonchev–Trinajstić information content (AvgIpc) is 2.68. The third-order valence-electron chi connectivity index (χ3n) is 5.45. The molecule has 0 radical (unpaired) electrons. The topological polar surface area (TPSA) is 37.4 Å². The highest BCUT2D eigenvalue weighted by atomic mass is 32.2. The van der Waals surface area contributed by atoms with Gasteiger partial charge in [-0.15, -0.1) is 0 Å². The van der Waals surface area contributed by atoms with E-state index in [0.29, 0.717) is 29.8 Å². The van der Waals surface area contributed by atoms with Gasteiger partial charge in [0.15, 0.2) is 0 Å². The molecule has 2 unspecified atom stereocenters. The van der Waals surface area contributed by atoms with Gasteiger partial charge in [-0.3, -0.25) is 0 Å². The molecule has 4 rings (SSSR count). The Morgan fingerprint density at radius 1 is 0.885 bits per heavy atom. The van der Waals surface area contributed by atoms with Gasteiger partial charge in [-0.25, -0.2) is 8.42 Å². The summed E-state index contributed by atoms with van der Waals surface area (Å²) in [6.07, 6.45) is 0.859. The summed E-state index contributed by atoms with van der Waals surface area (Å²) in [7, 11) is -3.46. The van der Waals surface area contributed by atoms with Crippen molar-refractivity contribution in [1.82, 2.24) is 4.31 Å². The zero-order valence-corrected chi connectivity index (χ0v) is 15.7. The molecule has 1 heterocycles. The Morgan fingerprint density at radius 2 is 1.58 bits per heavy atom. The molecule has 0 aliphatic carbocycles. The van der Waals surface area contributed by atoms with Gasteiger partial charge in [-0.05, 0) is 46.7 Å². The fourth-order valence-electron chi connectivity index (χ4n) is 4.00. The van der Waals surface area contributed by atoms with Crippen molar-refractivity contribution >= 4 is 20.8 Å². The zero-order chi connectivity index (χ0) is 18.1. The molecule has 26 heavy (non-hydrogen) atoms. The summed E-state index contributed by atoms with van der Waals surface area (Å²) in [5.74, 6) is 0.709. The highest BCUT2D eigenvalue weighted by Crippen LogP contribution is 2.35. The number of piperidine rings is 1. The molecule has 3 aromatic rings. The molecule has 1 saturated heterocycles. The molecule has 0 aromatic heterocycles. The quantitative estimate of drug-likeness (QED) is 0.677. The third-order valence-corrected chi connectivity index (χ3v) is 7.32. The van der Waals surface area contributed by atoms with Crippen LogP contribution < -0.4 is 0 Å². The lowest BCUT2D eigenvalue weighted by Gasteiger charge is -2.36. The van der Waals surface area contributed by atoms with Crippen LogP contribution in [0.25, 0.3) is 10.8 Å². The van der Waals surface area contributed by atoms with Gasteiger partial charge < -0.3 is 0 Å². The Bertz CT molecular complexity index is 1010. The minimum Gasteiger partial charge on any atom is -0.207 e. The van der Waals surface area contributed by atoms with E-state index in [1.807, 2.05) is 36.4 Å². The number of rotatable bonds is 3. The van der Waals surface area contributed by atoms with E-state index in [1.54, 1.807) is 16.4 Å². The molecular formula is C22H23NO2S. The largest absolute Gasteiger partial charge is 0.243 e. The molecular weight excluding hydrogens is 342 g/mol. The van der Waals surface area contributed by atoms with Crippen LogP contribution in [0.1, 0.15) is 24.8 Å². The van der Waals surface area contributed by atoms with Crippen LogP contribution in [0.15, 0.2) is 77.7 Å². The van der Waals surface area contributed by atoms with Gasteiger partial charge in [0.2, 0.25) is 10.0 Å². The molecule has 3 nitrogen and oxygen atoms in total. The number of hydrogen-bond acceptors (Lipinski definition) is 2. The molecule has 0 N–H and O–H groups in total. The number of benzene rings is 3. The van der Waals surface area contributed by atoms with Crippen LogP contribution in [0, 0.1) is 5.92 Å². The standard InChI is InChI=1S/C22H23NO2S/c1-17-16-23(14-13-22(17)19-8-3-2-4-9-19)26(24,25)21-12-11-18-7-5-6-10-20(18)15-21/h2-12,15,17,22H,13-14,16H2,1H3. The monoisotopic (exact) mass is 365 g/mol. The zero-order valence-electron chi connectivity index (χ0n) is 14.9. The average molecular weight is 365 g/mol. The van der Waals surface area contributed by atoms with E-state index in [0.717, 1.165) is 17.2 Å². The van der Waals surface area contributed by atoms with Crippen molar-refractivity contribution in [3.63, 3.8) is 0 Å². The molecule has 1 aliphatic rings. The smallest absolute Gasteiger partial charge is 0.207 e. The van der Waals surface area contributed by atoms with Crippen LogP contribution in [-0.4, -0.2) is 25.8 Å². The SMILES string of the molecule is CC1CN(S(=O)(=O)c2ccc3ccccc3c2)CCC1c1ccccc1. The van der Waals surface area contributed by atoms with E-state index < -0.39 is 10.0 Å². The molecule has 0 bridgehead atoms. The van der Waals surface area contributed by atoms with Crippen molar-refractivity contribution in [2.75, 3.05) is 13.1 Å². The fourth-order valence-corrected chi connectivity index (χ4v) is 5.59. The summed E-state index contributed by atoms with van der Waals surface area (Å²) in [6, 6.07) is 23.7. The summed E-state index contributed by atoms with van der Waals surface area (Å²) < 4.78 is 27.9. The molecule has 1 aliphatic heterocycles. The van der Waals surface area contributed by atoms with Crippen LogP contribution >= 0.6 is 0 Å². The number of fused-ring (bicyclic) bond motifs is 1. The number of nitrogens with zero attached hydrogens (tertiary/aromatic N) is 1. The minimum atomic E-state index is -3.46. The predicted octanol–water partition coefficient (Wildman–Crippen LogP) is 4.65. The van der Waals surface area contributed by atoms with Crippen LogP contribution in [0.2, 0.25) is 0 Å². The van der Waals surface area contributed by atoms with Gasteiger partial charge in [-0.1, -0.05) is 67.6 Å². The molecule has 3 aromatic carbocycles. The summed E-state index contributed by atoms with van der Waals surface area (Å²) in [6.45, 7) is 3.29. The van der Waals surface area contributed by atoms with Gasteiger partial charge in [0, 0.05) is 13.1 Å². The van der Waals surface area contributed by atoms with Crippen molar-refractivity contribution in [2.24, 2.45) is 5.92 Å². The van der Waals surface area contributed by atoms with Gasteiger partial charge in [0.1, 0.15) is 0 Å². The van der Waals surface area contributed by atoms with Crippen molar-refractivity contribution < 1.29 is 8.42 Å². The molecule has 2 atom stereocenters. The second kappa shape index (κ2) is 6.86. The van der Waals surface area contributed by atoms with Crippen molar-refractivity contribution in [2.45, 2.75) is 24.2 Å². The minimum absolute atomic E-state index is 0.293. The van der Waals surface area contributed by atoms with E-state index in [-0.39, 0.29) is 0 Å². The van der Waals surface area contributed by atoms with Gasteiger partial charge >= 0.3 is 0 Å². The van der Waals surface area contributed by atoms with Crippen LogP contribution in [0.5, 0.6) is 0 Å². The van der Waals surface area contributed by atoms with Gasteiger partial charge in [-0.2, -0.15) is 4.31 Å². The normalized spacial score (nSPS) is 21.7. The van der Waals surface area contributed by atoms with Gasteiger partial charge in [0.05, 0.1) is 4.90 Å². The summed E-state index contributed by atoms with van der Waals surface area (Å²) in [4.78, 5) is 0.390. The number of hydrogen-bond donors (Lipinski definition) is 0. The Labute approximate surface area is 155 Å². The Hall–Kier alpha value is -2.17. The summed E-state index contributed by atoms with van der Waals surface area (Å²) >= 11 is 0. The van der Waals surface area contributed by atoms with Crippen LogP contribution in [0.3, 0.4) is 0 Å². The lowest BCUT2D eigenvalue weighted by molar-refractivity contribution is 0.248. The first-order valence-electron chi connectivity index (χ1n) is 9.09. The lowest BCUT2D eigenvalue weighted by atomic mass is 9.82.